The maximum Gasteiger partial charge on any atom is 0.123 e. The molecular weight excluding hydrogens is 352 g/mol. The van der Waals surface area contributed by atoms with Crippen molar-refractivity contribution in [2.24, 2.45) is 5.92 Å². The third-order valence-electron chi connectivity index (χ3n) is 5.28. The zero-order valence-corrected chi connectivity index (χ0v) is 18.2. The fourth-order valence-corrected chi connectivity index (χ4v) is 3.74. The van der Waals surface area contributed by atoms with Gasteiger partial charge in [-0.15, -0.1) is 0 Å². The van der Waals surface area contributed by atoms with Crippen molar-refractivity contribution in [3.05, 3.63) is 29.8 Å². The predicted molar refractivity (Wildman–Crippen MR) is 115 cm³/mol. The molecule has 0 bridgehead atoms. The van der Waals surface area contributed by atoms with Gasteiger partial charge in [0.25, 0.3) is 0 Å². The first-order valence-corrected chi connectivity index (χ1v) is 11.0. The van der Waals surface area contributed by atoms with Gasteiger partial charge in [-0.1, -0.05) is 25.1 Å². The minimum Gasteiger partial charge on any atom is -0.492 e. The van der Waals surface area contributed by atoms with Crippen LogP contribution in [-0.2, 0) is 16.0 Å². The summed E-state index contributed by atoms with van der Waals surface area (Å²) < 4.78 is 17.3. The molecule has 0 N–H and O–H groups in total. The highest BCUT2D eigenvalue weighted by Gasteiger charge is 2.16. The first-order valence-electron chi connectivity index (χ1n) is 11.0. The zero-order valence-electron chi connectivity index (χ0n) is 18.2. The molecule has 0 spiro atoms. The van der Waals surface area contributed by atoms with Crippen molar-refractivity contribution in [1.82, 2.24) is 9.80 Å². The van der Waals surface area contributed by atoms with E-state index in [1.807, 2.05) is 13.8 Å². The summed E-state index contributed by atoms with van der Waals surface area (Å²) in [4.78, 5) is 4.92. The van der Waals surface area contributed by atoms with Gasteiger partial charge in [0, 0.05) is 51.5 Å². The number of hydrogen-bond acceptors (Lipinski definition) is 5. The van der Waals surface area contributed by atoms with Gasteiger partial charge in [0.2, 0.25) is 0 Å². The second-order valence-corrected chi connectivity index (χ2v) is 7.67. The lowest BCUT2D eigenvalue weighted by atomic mass is 10.0. The van der Waals surface area contributed by atoms with Crippen LogP contribution in [0.5, 0.6) is 5.75 Å². The Morgan fingerprint density at radius 2 is 1.75 bits per heavy atom. The van der Waals surface area contributed by atoms with Crippen LogP contribution in [0.25, 0.3) is 0 Å². The highest BCUT2D eigenvalue weighted by atomic mass is 16.5. The molecule has 1 aromatic carbocycles. The number of piperidine rings is 1. The van der Waals surface area contributed by atoms with Crippen molar-refractivity contribution >= 4 is 0 Å². The van der Waals surface area contributed by atoms with Crippen LogP contribution in [0.4, 0.5) is 0 Å². The molecule has 1 aromatic rings. The quantitative estimate of drug-likeness (QED) is 0.451. The molecule has 0 aliphatic carbocycles. The maximum absolute atomic E-state index is 6.20. The van der Waals surface area contributed by atoms with Crippen LogP contribution in [0.1, 0.15) is 39.2 Å². The van der Waals surface area contributed by atoms with Gasteiger partial charge in [0.1, 0.15) is 12.4 Å². The van der Waals surface area contributed by atoms with Crippen LogP contribution < -0.4 is 4.74 Å². The van der Waals surface area contributed by atoms with Crippen molar-refractivity contribution in [1.29, 1.82) is 0 Å². The van der Waals surface area contributed by atoms with Gasteiger partial charge in [-0.25, -0.2) is 0 Å². The van der Waals surface area contributed by atoms with Crippen molar-refractivity contribution in [3.8, 4) is 5.75 Å². The molecule has 1 aliphatic rings. The van der Waals surface area contributed by atoms with Crippen LogP contribution in [0.3, 0.4) is 0 Å². The van der Waals surface area contributed by atoms with E-state index >= 15 is 0 Å². The molecule has 5 nitrogen and oxygen atoms in total. The van der Waals surface area contributed by atoms with E-state index in [2.05, 4.69) is 41.0 Å². The topological polar surface area (TPSA) is 34.2 Å². The van der Waals surface area contributed by atoms with Gasteiger partial charge in [-0.05, 0) is 45.2 Å². The van der Waals surface area contributed by atoms with Crippen LogP contribution >= 0.6 is 0 Å². The molecule has 1 unspecified atom stereocenters. The van der Waals surface area contributed by atoms with Gasteiger partial charge in [0.15, 0.2) is 0 Å². The monoisotopic (exact) mass is 392 g/mol. The van der Waals surface area contributed by atoms with E-state index in [1.165, 1.54) is 31.5 Å². The van der Waals surface area contributed by atoms with Crippen LogP contribution in [-0.4, -0.2) is 75.6 Å². The highest BCUT2D eigenvalue weighted by molar-refractivity contribution is 5.33. The van der Waals surface area contributed by atoms with Gasteiger partial charge in [0.05, 0.1) is 13.2 Å². The SMILES string of the molecule is CCOCCN(CCOCC)Cc1ccccc1OCCN1CCCC(C)C1. The number of rotatable bonds is 14. The molecule has 1 atom stereocenters. The lowest BCUT2D eigenvalue weighted by molar-refractivity contribution is 0.0792. The Kier molecular flexibility index (Phi) is 11.5. The summed E-state index contributed by atoms with van der Waals surface area (Å²) in [6, 6.07) is 8.42. The molecule has 0 aromatic heterocycles. The van der Waals surface area contributed by atoms with Crippen LogP contribution in [0.15, 0.2) is 24.3 Å². The summed E-state index contributed by atoms with van der Waals surface area (Å²) in [7, 11) is 0. The Balaban J connectivity index is 1.86. The van der Waals surface area contributed by atoms with E-state index in [0.29, 0.717) is 0 Å². The Bertz CT molecular complexity index is 516. The fraction of sp³-hybridized carbons (Fsp3) is 0.739. The number of likely N-dealkylation sites (tertiary alicyclic amines) is 1. The minimum atomic E-state index is 0.749. The molecule has 0 radical (unpaired) electrons. The van der Waals surface area contributed by atoms with E-state index in [9.17, 15) is 0 Å². The van der Waals surface area contributed by atoms with E-state index in [1.54, 1.807) is 0 Å². The molecule has 1 heterocycles. The lowest BCUT2D eigenvalue weighted by Crippen LogP contribution is -2.37. The molecular formula is C23H40N2O3. The number of ether oxygens (including phenoxy) is 3. The zero-order chi connectivity index (χ0) is 20.0. The normalized spacial score (nSPS) is 17.9. The van der Waals surface area contributed by atoms with Crippen molar-refractivity contribution in [2.45, 2.75) is 40.2 Å². The average Bonchev–Trinajstić information content (AvgIpc) is 2.69. The molecule has 28 heavy (non-hydrogen) atoms. The lowest BCUT2D eigenvalue weighted by Gasteiger charge is -2.30. The second kappa shape index (κ2) is 13.9. The summed E-state index contributed by atoms with van der Waals surface area (Å²) in [5, 5.41) is 0. The molecule has 0 saturated carbocycles. The van der Waals surface area contributed by atoms with E-state index in [4.69, 9.17) is 14.2 Å². The number of benzene rings is 1. The summed E-state index contributed by atoms with van der Waals surface area (Å²) in [6.07, 6.45) is 2.67. The Morgan fingerprint density at radius 3 is 2.43 bits per heavy atom. The third-order valence-corrected chi connectivity index (χ3v) is 5.28. The molecule has 5 heteroatoms. The molecule has 160 valence electrons. The second-order valence-electron chi connectivity index (χ2n) is 7.67. The third kappa shape index (κ3) is 8.91. The van der Waals surface area contributed by atoms with E-state index in [-0.39, 0.29) is 0 Å². The molecule has 1 saturated heterocycles. The fourth-order valence-electron chi connectivity index (χ4n) is 3.74. The summed E-state index contributed by atoms with van der Waals surface area (Å²) in [5.41, 5.74) is 1.24. The largest absolute Gasteiger partial charge is 0.492 e. The summed E-state index contributed by atoms with van der Waals surface area (Å²) in [6.45, 7) is 16.3. The maximum atomic E-state index is 6.20. The van der Waals surface area contributed by atoms with Gasteiger partial charge in [-0.2, -0.15) is 0 Å². The number of hydrogen-bond donors (Lipinski definition) is 0. The first-order chi connectivity index (χ1) is 13.7. The van der Waals surface area contributed by atoms with Gasteiger partial charge in [-0.3, -0.25) is 9.80 Å². The molecule has 1 aliphatic heterocycles. The summed E-state index contributed by atoms with van der Waals surface area (Å²) in [5.74, 6) is 1.82. The van der Waals surface area contributed by atoms with Crippen LogP contribution in [0, 0.1) is 5.92 Å². The number of nitrogens with zero attached hydrogens (tertiary/aromatic N) is 2. The predicted octanol–water partition coefficient (Wildman–Crippen LogP) is 3.67. The van der Waals surface area contributed by atoms with E-state index in [0.717, 1.165) is 70.9 Å². The van der Waals surface area contributed by atoms with Gasteiger partial charge < -0.3 is 14.2 Å². The van der Waals surface area contributed by atoms with Crippen LogP contribution in [0.2, 0.25) is 0 Å². The highest BCUT2D eigenvalue weighted by Crippen LogP contribution is 2.20. The Hall–Kier alpha value is -1.14. The molecule has 2 rings (SSSR count). The average molecular weight is 393 g/mol. The van der Waals surface area contributed by atoms with Crippen molar-refractivity contribution < 1.29 is 14.2 Å². The molecule has 0 amide bonds. The van der Waals surface area contributed by atoms with Crippen molar-refractivity contribution in [3.63, 3.8) is 0 Å². The first kappa shape index (κ1) is 23.1. The summed E-state index contributed by atoms with van der Waals surface area (Å²) >= 11 is 0. The minimum absolute atomic E-state index is 0.749. The Labute approximate surface area is 171 Å². The van der Waals surface area contributed by atoms with Gasteiger partial charge >= 0.3 is 0 Å². The van der Waals surface area contributed by atoms with Crippen molar-refractivity contribution in [2.75, 3.05) is 65.8 Å². The molecule has 1 fully saturated rings. The smallest absolute Gasteiger partial charge is 0.123 e. The number of para-hydroxylation sites is 1. The standard InChI is InChI=1S/C23H40N2O3/c1-4-26-16-13-25(14-17-27-5-2)20-22-10-6-7-11-23(22)28-18-15-24-12-8-9-21(3)19-24/h6-7,10-11,21H,4-5,8-9,12-20H2,1-3H3. The van der Waals surface area contributed by atoms with E-state index < -0.39 is 0 Å². The Morgan fingerprint density at radius 1 is 1.04 bits per heavy atom.